The highest BCUT2D eigenvalue weighted by Crippen LogP contribution is 2.30. The molecule has 0 spiro atoms. The standard InChI is InChI=1S/C18H23N3O3S/c1-23-11-14-12-25-17(20-14)15-4-2-3-5-16(15)21-18(22)24-10-13-6-8-19-9-7-13/h2-5,12-13,19H,6-11H2,1H3,(H,21,22). The van der Waals surface area contributed by atoms with Crippen LogP contribution in [0, 0.1) is 5.92 Å². The minimum atomic E-state index is -0.417. The van der Waals surface area contributed by atoms with Crippen LogP contribution < -0.4 is 10.6 Å². The molecule has 1 aromatic carbocycles. The van der Waals surface area contributed by atoms with Crippen molar-refractivity contribution in [3.8, 4) is 10.6 Å². The van der Waals surface area contributed by atoms with Crippen molar-refractivity contribution in [2.75, 3.05) is 32.1 Å². The number of hydrogen-bond acceptors (Lipinski definition) is 6. The molecule has 7 heteroatoms. The maximum atomic E-state index is 12.2. The van der Waals surface area contributed by atoms with Crippen molar-refractivity contribution in [3.63, 3.8) is 0 Å². The van der Waals surface area contributed by atoms with Gasteiger partial charge in [0.2, 0.25) is 0 Å². The van der Waals surface area contributed by atoms with E-state index in [2.05, 4.69) is 15.6 Å². The van der Waals surface area contributed by atoms with E-state index in [9.17, 15) is 4.79 Å². The first-order valence-electron chi connectivity index (χ1n) is 8.43. The highest BCUT2D eigenvalue weighted by Gasteiger charge is 2.16. The Hall–Kier alpha value is -1.96. The Morgan fingerprint density at radius 3 is 2.96 bits per heavy atom. The van der Waals surface area contributed by atoms with Crippen LogP contribution in [-0.4, -0.2) is 37.9 Å². The number of ether oxygens (including phenoxy) is 2. The number of carbonyl (C=O) groups is 1. The second-order valence-corrected chi connectivity index (χ2v) is 6.90. The number of para-hydroxylation sites is 1. The third-order valence-corrected chi connectivity index (χ3v) is 5.07. The van der Waals surface area contributed by atoms with Crippen molar-refractivity contribution in [2.45, 2.75) is 19.4 Å². The van der Waals surface area contributed by atoms with Gasteiger partial charge >= 0.3 is 6.09 Å². The van der Waals surface area contributed by atoms with E-state index in [0.29, 0.717) is 24.8 Å². The van der Waals surface area contributed by atoms with Gasteiger partial charge in [0, 0.05) is 18.1 Å². The molecule has 1 aliphatic heterocycles. The van der Waals surface area contributed by atoms with Crippen molar-refractivity contribution >= 4 is 23.1 Å². The number of nitrogens with one attached hydrogen (secondary N) is 2. The Labute approximate surface area is 151 Å². The first kappa shape index (κ1) is 17.8. The molecule has 25 heavy (non-hydrogen) atoms. The average molecular weight is 361 g/mol. The lowest BCUT2D eigenvalue weighted by atomic mass is 9.99. The van der Waals surface area contributed by atoms with Crippen molar-refractivity contribution in [1.29, 1.82) is 0 Å². The molecule has 0 bridgehead atoms. The fraction of sp³-hybridized carbons (Fsp3) is 0.444. The Morgan fingerprint density at radius 2 is 2.16 bits per heavy atom. The molecule has 3 rings (SSSR count). The predicted octanol–water partition coefficient (Wildman–Crippen LogP) is 3.50. The number of rotatable bonds is 6. The lowest BCUT2D eigenvalue weighted by molar-refractivity contribution is 0.131. The number of anilines is 1. The summed E-state index contributed by atoms with van der Waals surface area (Å²) >= 11 is 1.53. The lowest BCUT2D eigenvalue weighted by Crippen LogP contribution is -2.31. The van der Waals surface area contributed by atoms with Gasteiger partial charge in [-0.3, -0.25) is 5.32 Å². The fourth-order valence-electron chi connectivity index (χ4n) is 2.81. The number of methoxy groups -OCH3 is 1. The molecule has 0 atom stereocenters. The molecular formula is C18H23N3O3S. The molecule has 1 aromatic heterocycles. The van der Waals surface area contributed by atoms with Crippen LogP contribution in [0.15, 0.2) is 29.6 Å². The van der Waals surface area contributed by atoms with Crippen LogP contribution in [0.2, 0.25) is 0 Å². The SMILES string of the molecule is COCc1csc(-c2ccccc2NC(=O)OCC2CCNCC2)n1. The number of amides is 1. The number of aromatic nitrogens is 1. The molecular weight excluding hydrogens is 338 g/mol. The Kier molecular flexibility index (Phi) is 6.38. The molecule has 1 amide bonds. The summed E-state index contributed by atoms with van der Waals surface area (Å²) in [5.41, 5.74) is 2.47. The summed E-state index contributed by atoms with van der Waals surface area (Å²) in [5, 5.41) is 8.97. The lowest BCUT2D eigenvalue weighted by Gasteiger charge is -2.22. The number of thiazole rings is 1. The van der Waals surface area contributed by atoms with Gasteiger partial charge in [-0.2, -0.15) is 0 Å². The van der Waals surface area contributed by atoms with Gasteiger partial charge in [-0.1, -0.05) is 12.1 Å². The summed E-state index contributed by atoms with van der Waals surface area (Å²) in [6.45, 7) is 2.92. The van der Waals surface area contributed by atoms with Gasteiger partial charge in [-0.25, -0.2) is 9.78 Å². The maximum absolute atomic E-state index is 12.2. The second kappa shape index (κ2) is 8.94. The Bertz CT molecular complexity index is 698. The van der Waals surface area contributed by atoms with Crippen molar-refractivity contribution < 1.29 is 14.3 Å². The number of hydrogen-bond donors (Lipinski definition) is 2. The molecule has 0 saturated carbocycles. The summed E-state index contributed by atoms with van der Waals surface area (Å²) in [4.78, 5) is 16.7. The van der Waals surface area contributed by atoms with E-state index in [1.54, 1.807) is 7.11 Å². The predicted molar refractivity (Wildman–Crippen MR) is 98.8 cm³/mol. The van der Waals surface area contributed by atoms with Gasteiger partial charge in [0.25, 0.3) is 0 Å². The molecule has 2 N–H and O–H groups in total. The zero-order chi connectivity index (χ0) is 17.5. The van der Waals surface area contributed by atoms with Crippen molar-refractivity contribution in [2.24, 2.45) is 5.92 Å². The van der Waals surface area contributed by atoms with Crippen LogP contribution >= 0.6 is 11.3 Å². The van der Waals surface area contributed by atoms with Crippen LogP contribution in [0.1, 0.15) is 18.5 Å². The summed E-state index contributed by atoms with van der Waals surface area (Å²) in [6.07, 6.45) is 1.68. The summed E-state index contributed by atoms with van der Waals surface area (Å²) in [7, 11) is 1.65. The molecule has 0 radical (unpaired) electrons. The molecule has 134 valence electrons. The molecule has 2 aromatic rings. The van der Waals surface area contributed by atoms with Gasteiger partial charge in [0.05, 0.1) is 24.6 Å². The van der Waals surface area contributed by atoms with E-state index < -0.39 is 6.09 Å². The van der Waals surface area contributed by atoms with Gasteiger partial charge in [-0.15, -0.1) is 11.3 Å². The number of benzene rings is 1. The van der Waals surface area contributed by atoms with Crippen LogP contribution in [0.3, 0.4) is 0 Å². The Balaban J connectivity index is 1.62. The fourth-order valence-corrected chi connectivity index (χ4v) is 3.65. The monoisotopic (exact) mass is 361 g/mol. The quantitative estimate of drug-likeness (QED) is 0.824. The molecule has 1 saturated heterocycles. The van der Waals surface area contributed by atoms with Gasteiger partial charge in [-0.05, 0) is 44.0 Å². The number of carbonyl (C=O) groups excluding carboxylic acids is 1. The third-order valence-electron chi connectivity index (χ3n) is 4.15. The highest BCUT2D eigenvalue weighted by atomic mass is 32.1. The van der Waals surface area contributed by atoms with Gasteiger partial charge < -0.3 is 14.8 Å². The van der Waals surface area contributed by atoms with Gasteiger partial charge in [0.15, 0.2) is 0 Å². The van der Waals surface area contributed by atoms with E-state index in [0.717, 1.165) is 42.2 Å². The number of nitrogens with zero attached hydrogens (tertiary/aromatic N) is 1. The summed E-state index contributed by atoms with van der Waals surface area (Å²) in [6, 6.07) is 7.62. The molecule has 0 unspecified atom stereocenters. The smallest absolute Gasteiger partial charge is 0.411 e. The highest BCUT2D eigenvalue weighted by molar-refractivity contribution is 7.13. The van der Waals surface area contributed by atoms with Crippen LogP contribution in [0.25, 0.3) is 10.6 Å². The van der Waals surface area contributed by atoms with Crippen LogP contribution in [-0.2, 0) is 16.1 Å². The largest absolute Gasteiger partial charge is 0.449 e. The first-order valence-corrected chi connectivity index (χ1v) is 9.31. The summed E-state index contributed by atoms with van der Waals surface area (Å²) in [5.74, 6) is 0.442. The molecule has 6 nitrogen and oxygen atoms in total. The Morgan fingerprint density at radius 1 is 1.36 bits per heavy atom. The van der Waals surface area contributed by atoms with Gasteiger partial charge in [0.1, 0.15) is 5.01 Å². The molecule has 1 fully saturated rings. The minimum Gasteiger partial charge on any atom is -0.449 e. The van der Waals surface area contributed by atoms with E-state index >= 15 is 0 Å². The normalized spacial score (nSPS) is 15.1. The zero-order valence-electron chi connectivity index (χ0n) is 14.3. The van der Waals surface area contributed by atoms with E-state index in [1.807, 2.05) is 29.6 Å². The second-order valence-electron chi connectivity index (χ2n) is 6.04. The van der Waals surface area contributed by atoms with Crippen LogP contribution in [0.5, 0.6) is 0 Å². The van der Waals surface area contributed by atoms with E-state index in [1.165, 1.54) is 11.3 Å². The number of piperidine rings is 1. The summed E-state index contributed by atoms with van der Waals surface area (Å²) < 4.78 is 10.5. The maximum Gasteiger partial charge on any atom is 0.411 e. The minimum absolute atomic E-state index is 0.417. The average Bonchev–Trinajstić information content (AvgIpc) is 3.10. The molecule has 2 heterocycles. The zero-order valence-corrected chi connectivity index (χ0v) is 15.1. The topological polar surface area (TPSA) is 72.5 Å². The van der Waals surface area contributed by atoms with E-state index in [-0.39, 0.29) is 0 Å². The van der Waals surface area contributed by atoms with Crippen LogP contribution in [0.4, 0.5) is 10.5 Å². The van der Waals surface area contributed by atoms with E-state index in [4.69, 9.17) is 9.47 Å². The van der Waals surface area contributed by atoms with Crippen molar-refractivity contribution in [3.05, 3.63) is 35.3 Å². The van der Waals surface area contributed by atoms with Crippen molar-refractivity contribution in [1.82, 2.24) is 10.3 Å². The first-order chi connectivity index (χ1) is 12.3. The molecule has 0 aliphatic carbocycles. The molecule has 1 aliphatic rings. The third kappa shape index (κ3) is 5.01.